The van der Waals surface area contributed by atoms with E-state index in [0.717, 1.165) is 10.5 Å². The summed E-state index contributed by atoms with van der Waals surface area (Å²) in [6.45, 7) is 0.0811. The van der Waals surface area contributed by atoms with Gasteiger partial charge in [0.05, 0.1) is 0 Å². The quantitative estimate of drug-likeness (QED) is 0.526. The maximum Gasteiger partial charge on any atom is 0.408 e. The number of hydrogen-bond donors (Lipinski definition) is 3. The van der Waals surface area contributed by atoms with Gasteiger partial charge in [0.15, 0.2) is 0 Å². The van der Waals surface area contributed by atoms with Gasteiger partial charge in [-0.05, 0) is 17.7 Å². The highest BCUT2D eigenvalue weighted by molar-refractivity contribution is 7.99. The van der Waals surface area contributed by atoms with Crippen LogP contribution in [0.15, 0.2) is 59.5 Å². The van der Waals surface area contributed by atoms with Gasteiger partial charge in [0.2, 0.25) is 0 Å². The molecule has 0 aliphatic carbocycles. The lowest BCUT2D eigenvalue weighted by Crippen LogP contribution is -2.42. The van der Waals surface area contributed by atoms with Crippen molar-refractivity contribution < 1.29 is 19.4 Å². The maximum absolute atomic E-state index is 11.8. The minimum atomic E-state index is -1.13. The second kappa shape index (κ2) is 8.83. The highest BCUT2D eigenvalue weighted by Crippen LogP contribution is 2.24. The van der Waals surface area contributed by atoms with Gasteiger partial charge in [-0.1, -0.05) is 42.5 Å². The molecule has 0 spiro atoms. The third-order valence-corrected chi connectivity index (χ3v) is 4.31. The molecule has 0 saturated carbocycles. The van der Waals surface area contributed by atoms with Crippen LogP contribution in [0.4, 0.5) is 10.5 Å². The largest absolute Gasteiger partial charge is 0.480 e. The first-order chi connectivity index (χ1) is 11.6. The van der Waals surface area contributed by atoms with Gasteiger partial charge in [-0.2, -0.15) is 0 Å². The summed E-state index contributed by atoms with van der Waals surface area (Å²) in [5.74, 6) is -0.988. The molecule has 0 aromatic heterocycles. The number of rotatable bonds is 7. The minimum Gasteiger partial charge on any atom is -0.480 e. The van der Waals surface area contributed by atoms with Crippen LogP contribution in [0.5, 0.6) is 0 Å². The number of aliphatic carboxylic acids is 1. The summed E-state index contributed by atoms with van der Waals surface area (Å²) in [6.07, 6.45) is -0.770. The van der Waals surface area contributed by atoms with E-state index in [1.807, 2.05) is 36.4 Å². The normalized spacial score (nSPS) is 11.5. The van der Waals surface area contributed by atoms with Crippen molar-refractivity contribution in [2.24, 2.45) is 0 Å². The number of ether oxygens (including phenoxy) is 1. The predicted octanol–water partition coefficient (Wildman–Crippen LogP) is 2.74. The molecule has 126 valence electrons. The van der Waals surface area contributed by atoms with Crippen molar-refractivity contribution in [2.45, 2.75) is 17.5 Å². The zero-order valence-corrected chi connectivity index (χ0v) is 13.7. The molecular weight excluding hydrogens is 328 g/mol. The summed E-state index contributed by atoms with van der Waals surface area (Å²) in [5, 5.41) is 11.6. The first-order valence-electron chi connectivity index (χ1n) is 7.23. The van der Waals surface area contributed by atoms with Gasteiger partial charge < -0.3 is 20.9 Å². The Morgan fingerprint density at radius 2 is 1.79 bits per heavy atom. The van der Waals surface area contributed by atoms with Crippen LogP contribution in [-0.4, -0.2) is 29.0 Å². The first-order valence-corrected chi connectivity index (χ1v) is 8.22. The van der Waals surface area contributed by atoms with Crippen molar-refractivity contribution in [2.75, 3.05) is 11.5 Å². The van der Waals surface area contributed by atoms with Crippen molar-refractivity contribution in [1.82, 2.24) is 5.32 Å². The highest BCUT2D eigenvalue weighted by Gasteiger charge is 2.21. The number of amides is 1. The molecular formula is C17H18N2O4S. The summed E-state index contributed by atoms with van der Waals surface area (Å²) in [5.41, 5.74) is 7.21. The fraction of sp³-hybridized carbons (Fsp3) is 0.176. The molecule has 7 heteroatoms. The molecule has 0 fully saturated rings. The second-order valence-electron chi connectivity index (χ2n) is 4.95. The standard InChI is InChI=1S/C17H18N2O4S/c18-13-8-4-5-9-15(13)24-11-14(16(20)21)19-17(22)23-10-12-6-2-1-3-7-12/h1-9,14H,10-11,18H2,(H,19,22)(H,20,21)/t14-/m0/s1. The van der Waals surface area contributed by atoms with E-state index in [0.29, 0.717) is 5.69 Å². The average molecular weight is 346 g/mol. The van der Waals surface area contributed by atoms with E-state index >= 15 is 0 Å². The Labute approximate surface area is 144 Å². The Bertz CT molecular complexity index is 694. The van der Waals surface area contributed by atoms with Gasteiger partial charge in [0.1, 0.15) is 12.6 Å². The van der Waals surface area contributed by atoms with Gasteiger partial charge >= 0.3 is 12.1 Å². The number of carbonyl (C=O) groups is 2. The van der Waals surface area contributed by atoms with Crippen molar-refractivity contribution in [3.05, 3.63) is 60.2 Å². The lowest BCUT2D eigenvalue weighted by atomic mass is 10.2. The van der Waals surface area contributed by atoms with Crippen LogP contribution in [0.2, 0.25) is 0 Å². The highest BCUT2D eigenvalue weighted by atomic mass is 32.2. The van der Waals surface area contributed by atoms with E-state index in [4.69, 9.17) is 10.5 Å². The Balaban J connectivity index is 1.85. The number of benzene rings is 2. The molecule has 2 aromatic rings. The Morgan fingerprint density at radius 3 is 2.46 bits per heavy atom. The number of thioether (sulfide) groups is 1. The molecule has 1 amide bonds. The molecule has 0 aliphatic rings. The number of hydrogen-bond acceptors (Lipinski definition) is 5. The summed E-state index contributed by atoms with van der Waals surface area (Å²) in [7, 11) is 0. The van der Waals surface area contributed by atoms with Crippen LogP contribution in [-0.2, 0) is 16.1 Å². The topological polar surface area (TPSA) is 102 Å². The number of anilines is 1. The fourth-order valence-electron chi connectivity index (χ4n) is 1.87. The second-order valence-corrected chi connectivity index (χ2v) is 6.01. The van der Waals surface area contributed by atoms with Crippen LogP contribution < -0.4 is 11.1 Å². The van der Waals surface area contributed by atoms with E-state index < -0.39 is 18.1 Å². The van der Waals surface area contributed by atoms with Crippen LogP contribution in [0.3, 0.4) is 0 Å². The Kier molecular flexibility index (Phi) is 6.51. The maximum atomic E-state index is 11.8. The molecule has 0 saturated heterocycles. The van der Waals surface area contributed by atoms with E-state index in [1.54, 1.807) is 18.2 Å². The lowest BCUT2D eigenvalue weighted by molar-refractivity contribution is -0.138. The number of carbonyl (C=O) groups excluding carboxylic acids is 1. The molecule has 0 aliphatic heterocycles. The van der Waals surface area contributed by atoms with Gasteiger partial charge in [0, 0.05) is 16.3 Å². The molecule has 0 bridgehead atoms. The molecule has 24 heavy (non-hydrogen) atoms. The lowest BCUT2D eigenvalue weighted by Gasteiger charge is -2.15. The van der Waals surface area contributed by atoms with E-state index in [9.17, 15) is 14.7 Å². The van der Waals surface area contributed by atoms with E-state index in [1.165, 1.54) is 11.8 Å². The van der Waals surface area contributed by atoms with Gasteiger partial charge in [-0.25, -0.2) is 9.59 Å². The van der Waals surface area contributed by atoms with Crippen LogP contribution in [0.25, 0.3) is 0 Å². The zero-order valence-electron chi connectivity index (χ0n) is 12.8. The van der Waals surface area contributed by atoms with Gasteiger partial charge in [0.25, 0.3) is 0 Å². The third-order valence-electron chi connectivity index (χ3n) is 3.13. The first kappa shape index (κ1) is 17.7. The van der Waals surface area contributed by atoms with E-state index in [-0.39, 0.29) is 12.4 Å². The van der Waals surface area contributed by atoms with Crippen molar-refractivity contribution in [3.63, 3.8) is 0 Å². The number of nitrogens with one attached hydrogen (secondary N) is 1. The molecule has 0 unspecified atom stereocenters. The fourth-order valence-corrected chi connectivity index (χ4v) is 2.85. The molecule has 2 rings (SSSR count). The SMILES string of the molecule is Nc1ccccc1SC[C@H](NC(=O)OCc1ccccc1)C(=O)O. The summed E-state index contributed by atoms with van der Waals surface area (Å²) in [6, 6.07) is 15.2. The third kappa shape index (κ3) is 5.51. The van der Waals surface area contributed by atoms with Gasteiger partial charge in [-0.15, -0.1) is 11.8 Å². The van der Waals surface area contributed by atoms with Crippen LogP contribution in [0.1, 0.15) is 5.56 Å². The number of para-hydroxylation sites is 1. The van der Waals surface area contributed by atoms with E-state index in [2.05, 4.69) is 5.32 Å². The predicted molar refractivity (Wildman–Crippen MR) is 92.8 cm³/mol. The number of carboxylic acids is 1. The average Bonchev–Trinajstić information content (AvgIpc) is 2.58. The molecule has 0 heterocycles. The van der Waals surface area contributed by atoms with Gasteiger partial charge in [-0.3, -0.25) is 0 Å². The summed E-state index contributed by atoms with van der Waals surface area (Å²) < 4.78 is 5.04. The molecule has 6 nitrogen and oxygen atoms in total. The molecule has 1 atom stereocenters. The molecule has 2 aromatic carbocycles. The smallest absolute Gasteiger partial charge is 0.408 e. The van der Waals surface area contributed by atoms with Crippen LogP contribution in [0, 0.1) is 0 Å². The molecule has 4 N–H and O–H groups in total. The number of nitrogens with two attached hydrogens (primary N) is 1. The number of carboxylic acid groups (broad SMARTS) is 1. The summed E-state index contributed by atoms with van der Waals surface area (Å²) >= 11 is 1.26. The Morgan fingerprint density at radius 1 is 1.12 bits per heavy atom. The molecule has 0 radical (unpaired) electrons. The zero-order chi connectivity index (χ0) is 17.4. The number of alkyl carbamates (subject to hydrolysis) is 1. The van der Waals surface area contributed by atoms with Crippen molar-refractivity contribution in [1.29, 1.82) is 0 Å². The van der Waals surface area contributed by atoms with Crippen molar-refractivity contribution >= 4 is 29.5 Å². The number of nitrogen functional groups attached to an aromatic ring is 1. The van der Waals surface area contributed by atoms with Crippen LogP contribution >= 0.6 is 11.8 Å². The monoisotopic (exact) mass is 346 g/mol. The van der Waals surface area contributed by atoms with Crippen molar-refractivity contribution in [3.8, 4) is 0 Å². The summed E-state index contributed by atoms with van der Waals surface area (Å²) in [4.78, 5) is 23.8. The Hall–Kier alpha value is -2.67. The minimum absolute atomic E-state index is 0.0811.